The third kappa shape index (κ3) is 3.88. The summed E-state index contributed by atoms with van der Waals surface area (Å²) in [5.41, 5.74) is 0.862. The lowest BCUT2D eigenvalue weighted by atomic mass is 10.1. The minimum absolute atomic E-state index is 0.00226. The van der Waals surface area contributed by atoms with Gasteiger partial charge in [-0.05, 0) is 38.5 Å². The molecule has 1 aromatic carbocycles. The van der Waals surface area contributed by atoms with E-state index in [-0.39, 0.29) is 29.0 Å². The Hall–Kier alpha value is -2.26. The highest BCUT2D eigenvalue weighted by atomic mass is 32.2. The van der Waals surface area contributed by atoms with E-state index in [1.54, 1.807) is 29.8 Å². The zero-order valence-electron chi connectivity index (χ0n) is 17.7. The normalized spacial score (nSPS) is 21.5. The van der Waals surface area contributed by atoms with Crippen LogP contribution in [-0.2, 0) is 22.8 Å². The zero-order chi connectivity index (χ0) is 21.6. The molecule has 0 radical (unpaired) electrons. The fourth-order valence-corrected chi connectivity index (χ4v) is 6.15. The van der Waals surface area contributed by atoms with Crippen LogP contribution in [0.5, 0.6) is 0 Å². The lowest BCUT2D eigenvalue weighted by molar-refractivity contribution is 0.0748. The molecule has 1 saturated heterocycles. The summed E-state index contributed by atoms with van der Waals surface area (Å²) in [5.74, 6) is 0.616. The molecule has 9 heteroatoms. The van der Waals surface area contributed by atoms with Crippen molar-refractivity contribution < 1.29 is 13.2 Å². The minimum atomic E-state index is -3.08. The summed E-state index contributed by atoms with van der Waals surface area (Å²) in [7, 11) is -1.44. The molecule has 162 valence electrons. The van der Waals surface area contributed by atoms with Crippen molar-refractivity contribution in [3.8, 4) is 0 Å². The van der Waals surface area contributed by atoms with Crippen molar-refractivity contribution >= 4 is 26.6 Å². The van der Waals surface area contributed by atoms with E-state index in [1.165, 1.54) is 4.90 Å². The first kappa shape index (κ1) is 21.0. The smallest absolute Gasteiger partial charge is 0.261 e. The fourth-order valence-electron chi connectivity index (χ4n) is 4.37. The molecule has 2 aliphatic rings. The van der Waals surface area contributed by atoms with Gasteiger partial charge in [-0.25, -0.2) is 13.4 Å². The summed E-state index contributed by atoms with van der Waals surface area (Å²) < 4.78 is 25.3. The number of amides is 1. The van der Waals surface area contributed by atoms with E-state index in [9.17, 15) is 18.0 Å². The summed E-state index contributed by atoms with van der Waals surface area (Å²) in [5, 5.41) is 0.499. The van der Waals surface area contributed by atoms with Crippen LogP contribution < -0.4 is 5.56 Å². The molecule has 8 nitrogen and oxygen atoms in total. The maximum Gasteiger partial charge on any atom is 0.261 e. The Balaban J connectivity index is 1.65. The van der Waals surface area contributed by atoms with Crippen molar-refractivity contribution in [3.05, 3.63) is 39.9 Å². The maximum absolute atomic E-state index is 13.0. The van der Waals surface area contributed by atoms with Gasteiger partial charge in [0, 0.05) is 50.7 Å². The van der Waals surface area contributed by atoms with E-state index in [0.29, 0.717) is 41.9 Å². The van der Waals surface area contributed by atoms with E-state index in [2.05, 4.69) is 18.7 Å². The van der Waals surface area contributed by atoms with Crippen molar-refractivity contribution in [2.75, 3.05) is 31.6 Å². The van der Waals surface area contributed by atoms with Crippen LogP contribution in [0, 0.1) is 0 Å². The Morgan fingerprint density at radius 2 is 2.00 bits per heavy atom. The molecule has 30 heavy (non-hydrogen) atoms. The number of hydrogen-bond acceptors (Lipinski definition) is 6. The Morgan fingerprint density at radius 1 is 1.23 bits per heavy atom. The lowest BCUT2D eigenvalue weighted by Gasteiger charge is -2.23. The number of carbonyl (C=O) groups excluding carboxylic acids is 1. The average Bonchev–Trinajstić information content (AvgIpc) is 2.93. The second-order valence-corrected chi connectivity index (χ2v) is 10.8. The topological polar surface area (TPSA) is 92.6 Å². The number of rotatable bonds is 3. The van der Waals surface area contributed by atoms with Crippen LogP contribution in [0.4, 0.5) is 0 Å². The van der Waals surface area contributed by atoms with E-state index < -0.39 is 9.84 Å². The van der Waals surface area contributed by atoms with Gasteiger partial charge in [0.05, 0.1) is 22.4 Å². The van der Waals surface area contributed by atoms with E-state index in [4.69, 9.17) is 4.98 Å². The van der Waals surface area contributed by atoms with Crippen molar-refractivity contribution in [1.29, 1.82) is 0 Å². The van der Waals surface area contributed by atoms with E-state index in [0.717, 1.165) is 18.9 Å². The lowest BCUT2D eigenvalue weighted by Crippen LogP contribution is -2.37. The molecule has 0 bridgehead atoms. The first-order valence-electron chi connectivity index (χ1n) is 10.4. The van der Waals surface area contributed by atoms with E-state index >= 15 is 0 Å². The fraction of sp³-hybridized carbons (Fsp3) is 0.571. The molecular weight excluding hydrogens is 404 g/mol. The molecule has 0 aliphatic carbocycles. The second kappa shape index (κ2) is 7.77. The van der Waals surface area contributed by atoms with Crippen LogP contribution in [0.15, 0.2) is 23.0 Å². The van der Waals surface area contributed by atoms with Crippen LogP contribution in [0.1, 0.15) is 36.5 Å². The quantitative estimate of drug-likeness (QED) is 0.716. The Kier molecular flexibility index (Phi) is 5.44. The molecule has 0 spiro atoms. The first-order chi connectivity index (χ1) is 14.2. The van der Waals surface area contributed by atoms with Gasteiger partial charge < -0.3 is 4.90 Å². The Morgan fingerprint density at radius 3 is 2.67 bits per heavy atom. The molecule has 2 aliphatic heterocycles. The molecular formula is C21H28N4O4S. The van der Waals surface area contributed by atoms with Crippen molar-refractivity contribution in [2.45, 2.75) is 45.3 Å². The summed E-state index contributed by atoms with van der Waals surface area (Å²) in [6, 6.07) is 5.05. The van der Waals surface area contributed by atoms with Gasteiger partial charge in [-0.2, -0.15) is 0 Å². The van der Waals surface area contributed by atoms with Gasteiger partial charge in [-0.3, -0.25) is 19.1 Å². The first-order valence-corrected chi connectivity index (χ1v) is 12.2. The molecule has 1 atom stereocenters. The Labute approximate surface area is 176 Å². The second-order valence-electron chi connectivity index (χ2n) is 8.57. The predicted molar refractivity (Wildman–Crippen MR) is 116 cm³/mol. The number of sulfone groups is 1. The van der Waals surface area contributed by atoms with Crippen molar-refractivity contribution in [3.63, 3.8) is 0 Å². The molecule has 3 heterocycles. The van der Waals surface area contributed by atoms with Crippen LogP contribution in [0.3, 0.4) is 0 Å². The van der Waals surface area contributed by atoms with Crippen LogP contribution in [0.2, 0.25) is 0 Å². The van der Waals surface area contributed by atoms with Crippen molar-refractivity contribution in [2.24, 2.45) is 0 Å². The van der Waals surface area contributed by atoms with Gasteiger partial charge in [-0.15, -0.1) is 0 Å². The highest BCUT2D eigenvalue weighted by Crippen LogP contribution is 2.20. The maximum atomic E-state index is 13.0. The van der Waals surface area contributed by atoms with Crippen molar-refractivity contribution in [1.82, 2.24) is 19.4 Å². The van der Waals surface area contributed by atoms with Gasteiger partial charge in [0.2, 0.25) is 0 Å². The summed E-state index contributed by atoms with van der Waals surface area (Å²) in [6.07, 6.45) is 1.14. The molecule has 1 fully saturated rings. The SMILES string of the molecule is CC(C)N1CCc2nc3cc(C(=O)N(C)C4CCS(=O)(=O)C4)ccc3c(=O)n2CC1. The highest BCUT2D eigenvalue weighted by molar-refractivity contribution is 7.91. The highest BCUT2D eigenvalue weighted by Gasteiger charge is 2.33. The van der Waals surface area contributed by atoms with Crippen LogP contribution in [-0.4, -0.2) is 77.4 Å². The molecule has 0 saturated carbocycles. The zero-order valence-corrected chi connectivity index (χ0v) is 18.5. The third-order valence-electron chi connectivity index (χ3n) is 6.32. The average molecular weight is 433 g/mol. The molecule has 1 aromatic heterocycles. The van der Waals surface area contributed by atoms with Gasteiger partial charge in [0.25, 0.3) is 11.5 Å². The summed E-state index contributed by atoms with van der Waals surface area (Å²) >= 11 is 0. The Bertz CT molecular complexity index is 1160. The number of aromatic nitrogens is 2. The molecule has 4 rings (SSSR count). The molecule has 1 unspecified atom stereocenters. The predicted octanol–water partition coefficient (Wildman–Crippen LogP) is 0.922. The minimum Gasteiger partial charge on any atom is -0.338 e. The monoisotopic (exact) mass is 432 g/mol. The van der Waals surface area contributed by atoms with Gasteiger partial charge in [-0.1, -0.05) is 0 Å². The van der Waals surface area contributed by atoms with Gasteiger partial charge in [0.1, 0.15) is 5.82 Å². The van der Waals surface area contributed by atoms with Gasteiger partial charge >= 0.3 is 0 Å². The van der Waals surface area contributed by atoms with Crippen LogP contribution >= 0.6 is 0 Å². The third-order valence-corrected chi connectivity index (χ3v) is 8.07. The molecule has 2 aromatic rings. The number of benzene rings is 1. The summed E-state index contributed by atoms with van der Waals surface area (Å²) in [4.78, 5) is 34.5. The largest absolute Gasteiger partial charge is 0.338 e. The number of carbonyl (C=O) groups is 1. The summed E-state index contributed by atoms with van der Waals surface area (Å²) in [6.45, 7) is 6.55. The molecule has 1 amide bonds. The standard InChI is InChI=1S/C21H28N4O4S/c1-14(2)24-8-6-19-22-18-12-15(4-5-17(18)21(27)25(19)10-9-24)20(26)23(3)16-7-11-30(28,29)13-16/h4-5,12,14,16H,6-11,13H2,1-3H3. The van der Waals surface area contributed by atoms with Crippen LogP contribution in [0.25, 0.3) is 10.9 Å². The number of hydrogen-bond donors (Lipinski definition) is 0. The molecule has 0 N–H and O–H groups in total. The number of fused-ring (bicyclic) bond motifs is 2. The number of nitrogens with zero attached hydrogens (tertiary/aromatic N) is 4. The van der Waals surface area contributed by atoms with E-state index in [1.807, 2.05) is 0 Å². The van der Waals surface area contributed by atoms with Gasteiger partial charge in [0.15, 0.2) is 9.84 Å².